The Morgan fingerprint density at radius 2 is 1.83 bits per heavy atom. The highest BCUT2D eigenvalue weighted by atomic mass is 19.3. The third-order valence-corrected chi connectivity index (χ3v) is 4.36. The molecule has 1 aliphatic rings. The summed E-state index contributed by atoms with van der Waals surface area (Å²) >= 11 is 0. The van der Waals surface area contributed by atoms with Gasteiger partial charge in [0.15, 0.2) is 0 Å². The van der Waals surface area contributed by atoms with E-state index in [0.29, 0.717) is 19.3 Å². The van der Waals surface area contributed by atoms with Crippen molar-refractivity contribution in [1.82, 2.24) is 5.32 Å². The fraction of sp³-hybridized carbons (Fsp3) is 0.529. The molecule has 1 fully saturated rings. The van der Waals surface area contributed by atoms with Crippen LogP contribution in [0.15, 0.2) is 24.3 Å². The quantitative estimate of drug-likeness (QED) is 0.832. The van der Waals surface area contributed by atoms with Gasteiger partial charge < -0.3 is 15.2 Å². The van der Waals surface area contributed by atoms with Crippen molar-refractivity contribution in [2.75, 3.05) is 0 Å². The molecular weight excluding hydrogens is 320 g/mol. The van der Waals surface area contributed by atoms with E-state index >= 15 is 0 Å². The summed E-state index contributed by atoms with van der Waals surface area (Å²) in [7, 11) is 0. The minimum atomic E-state index is -2.87. The first-order chi connectivity index (χ1) is 11.4. The molecule has 132 valence electrons. The summed E-state index contributed by atoms with van der Waals surface area (Å²) in [5, 5.41) is 12.0. The summed E-state index contributed by atoms with van der Waals surface area (Å²) < 4.78 is 28.5. The Labute approximate surface area is 139 Å². The van der Waals surface area contributed by atoms with Gasteiger partial charge in [-0.15, -0.1) is 0 Å². The average Bonchev–Trinajstić information content (AvgIpc) is 2.55. The van der Waals surface area contributed by atoms with E-state index in [0.717, 1.165) is 12.0 Å². The van der Waals surface area contributed by atoms with Gasteiger partial charge in [0.2, 0.25) is 5.91 Å². The number of nitrogens with one attached hydrogen (secondary N) is 1. The Morgan fingerprint density at radius 1 is 1.21 bits per heavy atom. The lowest BCUT2D eigenvalue weighted by Crippen LogP contribution is -2.36. The van der Waals surface area contributed by atoms with E-state index in [2.05, 4.69) is 10.1 Å². The van der Waals surface area contributed by atoms with Crippen LogP contribution in [0.5, 0.6) is 5.75 Å². The van der Waals surface area contributed by atoms with E-state index in [-0.39, 0.29) is 23.6 Å². The Morgan fingerprint density at radius 3 is 2.42 bits per heavy atom. The van der Waals surface area contributed by atoms with Crippen LogP contribution in [-0.4, -0.2) is 23.6 Å². The van der Waals surface area contributed by atoms with E-state index in [9.17, 15) is 18.4 Å². The summed E-state index contributed by atoms with van der Waals surface area (Å²) in [6.45, 7) is -1.08. The van der Waals surface area contributed by atoms with Gasteiger partial charge in [-0.3, -0.25) is 9.59 Å². The van der Waals surface area contributed by atoms with E-state index in [4.69, 9.17) is 5.11 Å². The molecule has 2 N–H and O–H groups in total. The van der Waals surface area contributed by atoms with E-state index in [1.165, 1.54) is 12.1 Å². The number of amides is 1. The van der Waals surface area contributed by atoms with Crippen LogP contribution in [0.25, 0.3) is 0 Å². The monoisotopic (exact) mass is 341 g/mol. The number of rotatable bonds is 6. The van der Waals surface area contributed by atoms with Crippen molar-refractivity contribution in [2.45, 2.75) is 45.3 Å². The molecule has 3 atom stereocenters. The Kier molecular flexibility index (Phi) is 6.11. The van der Waals surface area contributed by atoms with Crippen molar-refractivity contribution >= 4 is 11.9 Å². The van der Waals surface area contributed by atoms with Crippen LogP contribution >= 0.6 is 0 Å². The zero-order chi connectivity index (χ0) is 17.7. The first-order valence-electron chi connectivity index (χ1n) is 7.94. The van der Waals surface area contributed by atoms with E-state index in [1.54, 1.807) is 19.1 Å². The van der Waals surface area contributed by atoms with Crippen molar-refractivity contribution < 1.29 is 28.2 Å². The van der Waals surface area contributed by atoms with Crippen LogP contribution in [0.1, 0.15) is 44.2 Å². The normalized spacial score (nSPS) is 22.0. The molecule has 5 nitrogen and oxygen atoms in total. The molecule has 0 radical (unpaired) electrons. The fourth-order valence-electron chi connectivity index (χ4n) is 3.00. The molecule has 0 bridgehead atoms. The standard InChI is InChI=1S/C17H21F2NO4/c1-10(11-5-7-14(8-6-11)24-17(18)19)20-15(21)12-3-2-4-13(9-12)16(22)23/h5-8,10,12-13,17H,2-4,9H2,1H3,(H,20,21)(H,22,23). The van der Waals surface area contributed by atoms with Gasteiger partial charge in [-0.2, -0.15) is 8.78 Å². The average molecular weight is 341 g/mol. The number of hydrogen-bond donors (Lipinski definition) is 2. The number of hydrogen-bond acceptors (Lipinski definition) is 3. The van der Waals surface area contributed by atoms with Crippen molar-refractivity contribution in [3.8, 4) is 5.75 Å². The van der Waals surface area contributed by atoms with Gasteiger partial charge in [0.1, 0.15) is 5.75 Å². The summed E-state index contributed by atoms with van der Waals surface area (Å²) in [6.07, 6.45) is 2.38. The molecule has 0 heterocycles. The number of carboxylic acids is 1. The van der Waals surface area contributed by atoms with Crippen LogP contribution in [0, 0.1) is 11.8 Å². The molecule has 1 aromatic carbocycles. The highest BCUT2D eigenvalue weighted by molar-refractivity contribution is 5.80. The predicted octanol–water partition coefficient (Wildman–Crippen LogP) is 3.36. The van der Waals surface area contributed by atoms with Crippen LogP contribution in [0.4, 0.5) is 8.78 Å². The molecule has 3 unspecified atom stereocenters. The van der Waals surface area contributed by atoms with Gasteiger partial charge >= 0.3 is 12.6 Å². The molecule has 1 aliphatic carbocycles. The van der Waals surface area contributed by atoms with Crippen molar-refractivity contribution in [3.05, 3.63) is 29.8 Å². The number of benzene rings is 1. The maximum absolute atomic E-state index is 12.3. The van der Waals surface area contributed by atoms with Crippen molar-refractivity contribution in [3.63, 3.8) is 0 Å². The fourth-order valence-corrected chi connectivity index (χ4v) is 3.00. The smallest absolute Gasteiger partial charge is 0.387 e. The first kappa shape index (κ1) is 18.2. The topological polar surface area (TPSA) is 75.6 Å². The zero-order valence-electron chi connectivity index (χ0n) is 13.4. The van der Waals surface area contributed by atoms with E-state index < -0.39 is 18.5 Å². The highest BCUT2D eigenvalue weighted by Crippen LogP contribution is 2.30. The third kappa shape index (κ3) is 4.91. The molecule has 7 heteroatoms. The SMILES string of the molecule is CC(NC(=O)C1CCCC(C(=O)O)C1)c1ccc(OC(F)F)cc1. The lowest BCUT2D eigenvalue weighted by molar-refractivity contribution is -0.144. The number of carboxylic acid groups (broad SMARTS) is 1. The lowest BCUT2D eigenvalue weighted by atomic mass is 9.81. The van der Waals surface area contributed by atoms with Crippen LogP contribution in [0.3, 0.4) is 0 Å². The maximum Gasteiger partial charge on any atom is 0.387 e. The van der Waals surface area contributed by atoms with Crippen molar-refractivity contribution in [1.29, 1.82) is 0 Å². The molecule has 0 aromatic heterocycles. The van der Waals surface area contributed by atoms with Crippen LogP contribution in [0.2, 0.25) is 0 Å². The second-order valence-electron chi connectivity index (χ2n) is 6.08. The minimum Gasteiger partial charge on any atom is -0.481 e. The second-order valence-corrected chi connectivity index (χ2v) is 6.08. The Hall–Kier alpha value is -2.18. The number of carbonyl (C=O) groups is 2. The van der Waals surface area contributed by atoms with Gasteiger partial charge in [-0.25, -0.2) is 0 Å². The second kappa shape index (κ2) is 8.08. The van der Waals surface area contributed by atoms with Gasteiger partial charge in [0.05, 0.1) is 12.0 Å². The zero-order valence-corrected chi connectivity index (χ0v) is 13.4. The highest BCUT2D eigenvalue weighted by Gasteiger charge is 2.31. The summed E-state index contributed by atoms with van der Waals surface area (Å²) in [6, 6.07) is 5.77. The van der Waals surface area contributed by atoms with Crippen molar-refractivity contribution in [2.24, 2.45) is 11.8 Å². The number of ether oxygens (including phenoxy) is 1. The largest absolute Gasteiger partial charge is 0.481 e. The first-order valence-corrected chi connectivity index (χ1v) is 7.94. The third-order valence-electron chi connectivity index (χ3n) is 4.36. The molecule has 2 rings (SSSR count). The Balaban J connectivity index is 1.92. The minimum absolute atomic E-state index is 0.0591. The molecule has 0 aliphatic heterocycles. The Bertz CT molecular complexity index is 576. The molecule has 1 saturated carbocycles. The number of aliphatic carboxylic acids is 1. The summed E-state index contributed by atoms with van der Waals surface area (Å²) in [5.41, 5.74) is 0.760. The summed E-state index contributed by atoms with van der Waals surface area (Å²) in [4.78, 5) is 23.4. The molecule has 0 spiro atoms. The maximum atomic E-state index is 12.3. The van der Waals surface area contributed by atoms with Crippen LogP contribution < -0.4 is 10.1 Å². The molecular formula is C17H21F2NO4. The molecule has 0 saturated heterocycles. The van der Waals surface area contributed by atoms with Gasteiger partial charge in [-0.05, 0) is 43.9 Å². The number of alkyl halides is 2. The van der Waals surface area contributed by atoms with E-state index in [1.807, 2.05) is 0 Å². The number of carbonyl (C=O) groups excluding carboxylic acids is 1. The van der Waals surface area contributed by atoms with Gasteiger partial charge in [0, 0.05) is 5.92 Å². The lowest BCUT2D eigenvalue weighted by Gasteiger charge is -2.27. The van der Waals surface area contributed by atoms with Gasteiger partial charge in [0.25, 0.3) is 0 Å². The summed E-state index contributed by atoms with van der Waals surface area (Å²) in [5.74, 6) is -1.72. The van der Waals surface area contributed by atoms with Crippen LogP contribution in [-0.2, 0) is 9.59 Å². The number of halogens is 2. The molecule has 1 aromatic rings. The molecule has 24 heavy (non-hydrogen) atoms. The van der Waals surface area contributed by atoms with Gasteiger partial charge in [-0.1, -0.05) is 18.6 Å². The predicted molar refractivity (Wildman–Crippen MR) is 82.7 cm³/mol. The molecule has 1 amide bonds.